The summed E-state index contributed by atoms with van der Waals surface area (Å²) < 4.78 is 12.8. The Labute approximate surface area is 124 Å². The third-order valence-electron chi connectivity index (χ3n) is 3.72. The van der Waals surface area contributed by atoms with Crippen molar-refractivity contribution in [2.24, 2.45) is 0 Å². The van der Waals surface area contributed by atoms with E-state index in [4.69, 9.17) is 0 Å². The fourth-order valence-corrected chi connectivity index (χ4v) is 2.55. The number of nitrogens with one attached hydrogen (secondary N) is 1. The van der Waals surface area contributed by atoms with Crippen molar-refractivity contribution in [3.63, 3.8) is 0 Å². The predicted octanol–water partition coefficient (Wildman–Crippen LogP) is 2.87. The molecule has 4 nitrogen and oxygen atoms in total. The molecule has 1 fully saturated rings. The summed E-state index contributed by atoms with van der Waals surface area (Å²) in [5.74, 6) is 1.64. The fourth-order valence-electron chi connectivity index (χ4n) is 2.55. The minimum absolute atomic E-state index is 0.197. The van der Waals surface area contributed by atoms with Crippen LogP contribution in [0.1, 0.15) is 18.4 Å². The number of hydrogen-bond acceptors (Lipinski definition) is 4. The molecule has 110 valence electrons. The first kappa shape index (κ1) is 13.8. The molecule has 0 spiro atoms. The molecule has 3 rings (SSSR count). The lowest BCUT2D eigenvalue weighted by Gasteiger charge is -2.16. The number of rotatable bonds is 5. The second-order valence-corrected chi connectivity index (χ2v) is 5.26. The van der Waals surface area contributed by atoms with Gasteiger partial charge in [-0.3, -0.25) is 0 Å². The van der Waals surface area contributed by atoms with E-state index in [1.807, 2.05) is 18.2 Å². The van der Waals surface area contributed by atoms with Crippen LogP contribution < -0.4 is 10.2 Å². The first-order chi connectivity index (χ1) is 10.3. The van der Waals surface area contributed by atoms with Gasteiger partial charge < -0.3 is 10.2 Å². The maximum Gasteiger partial charge on any atom is 0.134 e. The van der Waals surface area contributed by atoms with E-state index in [1.54, 1.807) is 6.33 Å². The summed E-state index contributed by atoms with van der Waals surface area (Å²) in [7, 11) is 0. The summed E-state index contributed by atoms with van der Waals surface area (Å²) in [5, 5.41) is 3.30. The molecule has 0 atom stereocenters. The highest BCUT2D eigenvalue weighted by atomic mass is 19.1. The monoisotopic (exact) mass is 286 g/mol. The average molecular weight is 286 g/mol. The van der Waals surface area contributed by atoms with Gasteiger partial charge in [-0.2, -0.15) is 0 Å². The van der Waals surface area contributed by atoms with Crippen LogP contribution in [-0.4, -0.2) is 29.6 Å². The van der Waals surface area contributed by atoms with Gasteiger partial charge in [0.15, 0.2) is 0 Å². The van der Waals surface area contributed by atoms with Crippen molar-refractivity contribution in [2.75, 3.05) is 29.9 Å². The van der Waals surface area contributed by atoms with Gasteiger partial charge in [-0.1, -0.05) is 12.1 Å². The van der Waals surface area contributed by atoms with Crippen LogP contribution >= 0.6 is 0 Å². The zero-order valence-electron chi connectivity index (χ0n) is 11.9. The van der Waals surface area contributed by atoms with Crippen molar-refractivity contribution >= 4 is 11.6 Å². The predicted molar refractivity (Wildman–Crippen MR) is 82.1 cm³/mol. The van der Waals surface area contributed by atoms with E-state index in [0.29, 0.717) is 0 Å². The molecular weight excluding hydrogens is 267 g/mol. The Kier molecular flexibility index (Phi) is 4.28. The maximum absolute atomic E-state index is 12.8. The topological polar surface area (TPSA) is 41.0 Å². The molecule has 0 radical (unpaired) electrons. The van der Waals surface area contributed by atoms with Crippen molar-refractivity contribution in [3.05, 3.63) is 48.0 Å². The van der Waals surface area contributed by atoms with E-state index in [9.17, 15) is 4.39 Å². The molecule has 1 aromatic heterocycles. The van der Waals surface area contributed by atoms with Gasteiger partial charge in [-0.15, -0.1) is 0 Å². The lowest BCUT2D eigenvalue weighted by Crippen LogP contribution is -2.19. The number of nitrogens with zero attached hydrogens (tertiary/aromatic N) is 3. The van der Waals surface area contributed by atoms with Gasteiger partial charge >= 0.3 is 0 Å². The van der Waals surface area contributed by atoms with Crippen LogP contribution in [0.25, 0.3) is 0 Å². The van der Waals surface area contributed by atoms with Crippen LogP contribution in [0, 0.1) is 5.82 Å². The number of anilines is 2. The summed E-state index contributed by atoms with van der Waals surface area (Å²) in [6.07, 6.45) is 4.91. The zero-order chi connectivity index (χ0) is 14.5. The van der Waals surface area contributed by atoms with Crippen LogP contribution in [0.2, 0.25) is 0 Å². The van der Waals surface area contributed by atoms with Gasteiger partial charge in [0.2, 0.25) is 0 Å². The third kappa shape index (κ3) is 3.68. The quantitative estimate of drug-likeness (QED) is 0.917. The Morgan fingerprint density at radius 1 is 1.10 bits per heavy atom. The molecule has 2 aromatic rings. The van der Waals surface area contributed by atoms with Gasteiger partial charge in [-0.05, 0) is 37.0 Å². The molecule has 1 N–H and O–H groups in total. The lowest BCUT2D eigenvalue weighted by molar-refractivity contribution is 0.627. The molecule has 2 heterocycles. The second-order valence-electron chi connectivity index (χ2n) is 5.26. The molecule has 0 bridgehead atoms. The maximum atomic E-state index is 12.8. The van der Waals surface area contributed by atoms with Crippen molar-refractivity contribution in [1.29, 1.82) is 0 Å². The smallest absolute Gasteiger partial charge is 0.134 e. The highest BCUT2D eigenvalue weighted by Gasteiger charge is 2.13. The van der Waals surface area contributed by atoms with Gasteiger partial charge in [0.1, 0.15) is 23.8 Å². The molecule has 0 aliphatic carbocycles. The fraction of sp³-hybridized carbons (Fsp3) is 0.375. The summed E-state index contributed by atoms with van der Waals surface area (Å²) in [6.45, 7) is 2.92. The minimum Gasteiger partial charge on any atom is -0.370 e. The molecule has 0 unspecified atom stereocenters. The molecule has 0 amide bonds. The van der Waals surface area contributed by atoms with E-state index in [1.165, 1.54) is 25.0 Å². The summed E-state index contributed by atoms with van der Waals surface area (Å²) in [6, 6.07) is 8.60. The van der Waals surface area contributed by atoms with Crippen LogP contribution in [0.4, 0.5) is 16.0 Å². The highest BCUT2D eigenvalue weighted by molar-refractivity contribution is 5.48. The van der Waals surface area contributed by atoms with Crippen molar-refractivity contribution < 1.29 is 4.39 Å². The van der Waals surface area contributed by atoms with Gasteiger partial charge in [-0.25, -0.2) is 14.4 Å². The molecule has 0 saturated carbocycles. The summed E-state index contributed by atoms with van der Waals surface area (Å²) in [5.41, 5.74) is 1.11. The Morgan fingerprint density at radius 3 is 2.62 bits per heavy atom. The summed E-state index contributed by atoms with van der Waals surface area (Å²) >= 11 is 0. The molecule has 1 aliphatic rings. The van der Waals surface area contributed by atoms with Gasteiger partial charge in [0, 0.05) is 25.7 Å². The van der Waals surface area contributed by atoms with Crippen LogP contribution in [0.5, 0.6) is 0 Å². The Hall–Kier alpha value is -2.17. The highest BCUT2D eigenvalue weighted by Crippen LogP contribution is 2.19. The SMILES string of the molecule is Fc1ccc(CCNc2cc(N3CCCC3)ncn2)cc1. The largest absolute Gasteiger partial charge is 0.370 e. The standard InChI is InChI=1S/C16H19FN4/c17-14-5-3-13(4-6-14)7-8-18-15-11-16(20-12-19-15)21-9-1-2-10-21/h3-6,11-12H,1-2,7-10H2,(H,18,19,20). The molecule has 1 aromatic carbocycles. The van der Waals surface area contributed by atoms with Crippen LogP contribution in [-0.2, 0) is 6.42 Å². The first-order valence-corrected chi connectivity index (χ1v) is 7.36. The number of aromatic nitrogens is 2. The third-order valence-corrected chi connectivity index (χ3v) is 3.72. The summed E-state index contributed by atoms with van der Waals surface area (Å²) in [4.78, 5) is 10.9. The van der Waals surface area contributed by atoms with E-state index in [0.717, 1.165) is 43.3 Å². The van der Waals surface area contributed by atoms with Crippen LogP contribution in [0.3, 0.4) is 0 Å². The van der Waals surface area contributed by atoms with Crippen molar-refractivity contribution in [2.45, 2.75) is 19.3 Å². The first-order valence-electron chi connectivity index (χ1n) is 7.36. The lowest BCUT2D eigenvalue weighted by atomic mass is 10.1. The number of hydrogen-bond donors (Lipinski definition) is 1. The van der Waals surface area contributed by atoms with Crippen molar-refractivity contribution in [3.8, 4) is 0 Å². The van der Waals surface area contributed by atoms with Gasteiger partial charge in [0.25, 0.3) is 0 Å². The van der Waals surface area contributed by atoms with E-state index >= 15 is 0 Å². The van der Waals surface area contributed by atoms with Crippen LogP contribution in [0.15, 0.2) is 36.7 Å². The average Bonchev–Trinajstić information content (AvgIpc) is 3.04. The Bertz CT molecular complexity index is 579. The van der Waals surface area contributed by atoms with E-state index in [-0.39, 0.29) is 5.82 Å². The molecule has 1 aliphatic heterocycles. The molecule has 21 heavy (non-hydrogen) atoms. The molecule has 1 saturated heterocycles. The molecule has 5 heteroatoms. The molecular formula is C16H19FN4. The Balaban J connectivity index is 1.55. The minimum atomic E-state index is -0.197. The van der Waals surface area contributed by atoms with Gasteiger partial charge in [0.05, 0.1) is 0 Å². The van der Waals surface area contributed by atoms with Crippen molar-refractivity contribution in [1.82, 2.24) is 9.97 Å². The Morgan fingerprint density at radius 2 is 1.86 bits per heavy atom. The second kappa shape index (κ2) is 6.52. The number of halogens is 1. The normalized spacial score (nSPS) is 14.4. The zero-order valence-corrected chi connectivity index (χ0v) is 11.9. The number of benzene rings is 1. The van der Waals surface area contributed by atoms with E-state index in [2.05, 4.69) is 20.2 Å². The van der Waals surface area contributed by atoms with E-state index < -0.39 is 0 Å².